The van der Waals surface area contributed by atoms with Gasteiger partial charge in [0.25, 0.3) is 23.6 Å². The van der Waals surface area contributed by atoms with E-state index < -0.39 is 11.1 Å². The summed E-state index contributed by atoms with van der Waals surface area (Å²) >= 11 is 0. The van der Waals surface area contributed by atoms with Gasteiger partial charge in [-0.1, -0.05) is 0 Å². The van der Waals surface area contributed by atoms with Gasteiger partial charge >= 0.3 is 0 Å². The molecule has 4 amide bonds. The van der Waals surface area contributed by atoms with E-state index >= 15 is 0 Å². The van der Waals surface area contributed by atoms with Crippen LogP contribution in [0.1, 0.15) is 53.9 Å². The highest BCUT2D eigenvalue weighted by molar-refractivity contribution is 6.16. The molecule has 23 heavy (non-hydrogen) atoms. The number of rotatable bonds is 4. The van der Waals surface area contributed by atoms with E-state index in [1.165, 1.54) is 11.0 Å². The van der Waals surface area contributed by atoms with Crippen LogP contribution in [0.5, 0.6) is 0 Å². The lowest BCUT2D eigenvalue weighted by Gasteiger charge is -2.32. The highest BCUT2D eigenvalue weighted by Gasteiger charge is 2.42. The maximum atomic E-state index is 12.4. The summed E-state index contributed by atoms with van der Waals surface area (Å²) in [6.07, 6.45) is 1.69. The van der Waals surface area contributed by atoms with E-state index in [1.54, 1.807) is 34.6 Å². The Morgan fingerprint density at radius 2 is 1.52 bits per heavy atom. The van der Waals surface area contributed by atoms with Gasteiger partial charge < -0.3 is 0 Å². The minimum Gasteiger partial charge on any atom is -0.272 e. The van der Waals surface area contributed by atoms with E-state index in [4.69, 9.17) is 4.84 Å². The number of amides is 4. The maximum absolute atomic E-state index is 12.4. The molecule has 0 N–H and O–H groups in total. The quantitative estimate of drug-likeness (QED) is 0.729. The first-order valence-electron chi connectivity index (χ1n) is 7.56. The van der Waals surface area contributed by atoms with E-state index in [2.05, 4.69) is 0 Å². The molecule has 7 heteroatoms. The minimum absolute atomic E-state index is 0.126. The van der Waals surface area contributed by atoms with Crippen LogP contribution in [0.4, 0.5) is 0 Å². The molecule has 0 aliphatic carbocycles. The van der Waals surface area contributed by atoms with E-state index in [-0.39, 0.29) is 42.9 Å². The fourth-order valence-corrected chi connectivity index (χ4v) is 2.68. The normalized spacial score (nSPS) is 20.0. The standard InChI is InChI=1S/C16H22N2O5/c1-15(2,3)17-13(21)8-10(14(17)22)9-16(4,5)23-18-11(19)6-7-12(18)20/h8H,6-7,9H2,1-5H3. The van der Waals surface area contributed by atoms with Crippen LogP contribution in [-0.4, -0.2) is 44.7 Å². The van der Waals surface area contributed by atoms with E-state index in [0.717, 1.165) is 5.06 Å². The molecule has 2 aliphatic rings. The van der Waals surface area contributed by atoms with Crippen molar-refractivity contribution in [2.75, 3.05) is 0 Å². The van der Waals surface area contributed by atoms with Crippen molar-refractivity contribution in [2.45, 2.75) is 65.0 Å². The smallest absolute Gasteiger partial charge is 0.257 e. The Morgan fingerprint density at radius 3 is 1.96 bits per heavy atom. The summed E-state index contributed by atoms with van der Waals surface area (Å²) in [5, 5.41) is 0.767. The molecule has 0 spiro atoms. The molecule has 0 radical (unpaired) electrons. The molecular formula is C16H22N2O5. The third kappa shape index (κ3) is 3.50. The number of hydrogen-bond donors (Lipinski definition) is 0. The second-order valence-corrected chi connectivity index (χ2v) is 7.43. The highest BCUT2D eigenvalue weighted by atomic mass is 16.7. The molecule has 126 valence electrons. The number of hydrogen-bond acceptors (Lipinski definition) is 5. The predicted octanol–water partition coefficient (Wildman–Crippen LogP) is 1.33. The van der Waals surface area contributed by atoms with Crippen molar-refractivity contribution in [3.8, 4) is 0 Å². The van der Waals surface area contributed by atoms with Crippen LogP contribution >= 0.6 is 0 Å². The first-order chi connectivity index (χ1) is 10.4. The number of hydroxylamine groups is 2. The summed E-state index contributed by atoms with van der Waals surface area (Å²) in [6, 6.07) is 0. The van der Waals surface area contributed by atoms with Crippen molar-refractivity contribution in [2.24, 2.45) is 0 Å². The Morgan fingerprint density at radius 1 is 1.00 bits per heavy atom. The topological polar surface area (TPSA) is 84.0 Å². The SMILES string of the molecule is CC(C)(CC1=CC(=O)N(C(C)(C)C)C1=O)ON1C(=O)CCC1=O. The molecule has 0 aromatic heterocycles. The Hall–Kier alpha value is -2.02. The average Bonchev–Trinajstić information content (AvgIpc) is 2.81. The molecule has 0 saturated carbocycles. The lowest BCUT2D eigenvalue weighted by atomic mass is 9.98. The van der Waals surface area contributed by atoms with E-state index in [1.807, 2.05) is 0 Å². The largest absolute Gasteiger partial charge is 0.272 e. The second kappa shape index (κ2) is 5.56. The lowest BCUT2D eigenvalue weighted by Crippen LogP contribution is -2.46. The molecule has 0 unspecified atom stereocenters. The van der Waals surface area contributed by atoms with Crippen molar-refractivity contribution in [1.82, 2.24) is 9.96 Å². The summed E-state index contributed by atoms with van der Waals surface area (Å²) < 4.78 is 0. The molecule has 1 saturated heterocycles. The van der Waals surface area contributed by atoms with E-state index in [0.29, 0.717) is 5.57 Å². The molecule has 0 atom stereocenters. The van der Waals surface area contributed by atoms with Gasteiger partial charge in [0.1, 0.15) is 0 Å². The van der Waals surface area contributed by atoms with E-state index in [9.17, 15) is 19.2 Å². The van der Waals surface area contributed by atoms with Crippen LogP contribution in [0, 0.1) is 0 Å². The van der Waals surface area contributed by atoms with Crippen molar-refractivity contribution >= 4 is 23.6 Å². The Kier molecular flexibility index (Phi) is 4.19. The highest BCUT2D eigenvalue weighted by Crippen LogP contribution is 2.30. The van der Waals surface area contributed by atoms with Gasteiger partial charge in [-0.25, -0.2) is 0 Å². The molecule has 2 aliphatic heterocycles. The van der Waals surface area contributed by atoms with Gasteiger partial charge in [0.05, 0.1) is 5.60 Å². The van der Waals surface area contributed by atoms with Gasteiger partial charge in [-0.15, -0.1) is 0 Å². The van der Waals surface area contributed by atoms with Crippen LogP contribution in [0.25, 0.3) is 0 Å². The Bertz CT molecular complexity index is 596. The number of carbonyl (C=O) groups is 4. The van der Waals surface area contributed by atoms with Gasteiger partial charge in [0, 0.05) is 36.5 Å². The van der Waals surface area contributed by atoms with Gasteiger partial charge in [0.2, 0.25) is 0 Å². The zero-order valence-corrected chi connectivity index (χ0v) is 14.1. The van der Waals surface area contributed by atoms with Crippen LogP contribution in [0.3, 0.4) is 0 Å². The number of carbonyl (C=O) groups excluding carboxylic acids is 4. The summed E-state index contributed by atoms with van der Waals surface area (Å²) in [6.45, 7) is 8.68. The Labute approximate surface area is 135 Å². The third-order valence-corrected chi connectivity index (χ3v) is 3.63. The molecule has 1 fully saturated rings. The third-order valence-electron chi connectivity index (χ3n) is 3.63. The summed E-state index contributed by atoms with van der Waals surface area (Å²) in [4.78, 5) is 54.5. The van der Waals surface area contributed by atoms with Gasteiger partial charge in [-0.3, -0.25) is 28.9 Å². The first-order valence-corrected chi connectivity index (χ1v) is 7.56. The van der Waals surface area contributed by atoms with Crippen molar-refractivity contribution in [3.63, 3.8) is 0 Å². The summed E-state index contributed by atoms with van der Waals surface area (Å²) in [5.74, 6) is -1.50. The summed E-state index contributed by atoms with van der Waals surface area (Å²) in [7, 11) is 0. The zero-order valence-electron chi connectivity index (χ0n) is 14.1. The molecule has 2 heterocycles. The minimum atomic E-state index is -0.967. The second-order valence-electron chi connectivity index (χ2n) is 7.43. The lowest BCUT2D eigenvalue weighted by molar-refractivity contribution is -0.222. The van der Waals surface area contributed by atoms with Gasteiger partial charge in [-0.05, 0) is 34.6 Å². The molecule has 2 rings (SSSR count). The maximum Gasteiger partial charge on any atom is 0.257 e. The number of nitrogens with zero attached hydrogens (tertiary/aromatic N) is 2. The predicted molar refractivity (Wildman–Crippen MR) is 80.6 cm³/mol. The zero-order chi connectivity index (χ0) is 17.6. The fraction of sp³-hybridized carbons (Fsp3) is 0.625. The van der Waals surface area contributed by atoms with Crippen molar-refractivity contribution in [1.29, 1.82) is 0 Å². The molecule has 0 aromatic rings. The van der Waals surface area contributed by atoms with Gasteiger partial charge in [-0.2, -0.15) is 5.06 Å². The molecule has 7 nitrogen and oxygen atoms in total. The van der Waals surface area contributed by atoms with Crippen LogP contribution in [0.2, 0.25) is 0 Å². The molecular weight excluding hydrogens is 300 g/mol. The summed E-state index contributed by atoms with van der Waals surface area (Å²) in [5.41, 5.74) is -1.27. The number of imide groups is 2. The Balaban J connectivity index is 2.11. The molecule has 0 aromatic carbocycles. The van der Waals surface area contributed by atoms with Crippen molar-refractivity contribution in [3.05, 3.63) is 11.6 Å². The average molecular weight is 322 g/mol. The molecule has 0 bridgehead atoms. The van der Waals surface area contributed by atoms with Gasteiger partial charge in [0.15, 0.2) is 0 Å². The first kappa shape index (κ1) is 17.3. The van der Waals surface area contributed by atoms with Crippen LogP contribution in [-0.2, 0) is 24.0 Å². The van der Waals surface area contributed by atoms with Crippen molar-refractivity contribution < 1.29 is 24.0 Å². The van der Waals surface area contributed by atoms with Crippen LogP contribution in [0.15, 0.2) is 11.6 Å². The van der Waals surface area contributed by atoms with Crippen LogP contribution < -0.4 is 0 Å². The fourth-order valence-electron chi connectivity index (χ4n) is 2.68. The monoisotopic (exact) mass is 322 g/mol.